The van der Waals surface area contributed by atoms with Crippen LogP contribution in [0.4, 0.5) is 4.39 Å². The first-order chi connectivity index (χ1) is 9.61. The van der Waals surface area contributed by atoms with Crippen LogP contribution in [0, 0.1) is 5.82 Å². The topological polar surface area (TPSA) is 49.6 Å². The summed E-state index contributed by atoms with van der Waals surface area (Å²) in [6.07, 6.45) is 2.17. The van der Waals surface area contributed by atoms with Gasteiger partial charge in [0, 0.05) is 25.7 Å². The fraction of sp³-hybridized carbons (Fsp3) is 0.533. The maximum Gasteiger partial charge on any atom is 0.236 e. The molecule has 1 unspecified atom stereocenters. The molecule has 1 aliphatic heterocycles. The molecule has 1 amide bonds. The zero-order chi connectivity index (χ0) is 14.5. The number of likely N-dealkylation sites (tertiary alicyclic amines) is 1. The van der Waals surface area contributed by atoms with Gasteiger partial charge in [0.15, 0.2) is 0 Å². The smallest absolute Gasteiger partial charge is 0.236 e. The molecule has 110 valence electrons. The first-order valence-electron chi connectivity index (χ1n) is 7.05. The Bertz CT molecular complexity index is 460. The number of nitrogens with two attached hydrogens (primary N) is 1. The van der Waals surface area contributed by atoms with Gasteiger partial charge < -0.3 is 10.6 Å². The normalized spacial score (nSPS) is 16.7. The molecule has 1 saturated heterocycles. The van der Waals surface area contributed by atoms with Crippen LogP contribution in [-0.2, 0) is 4.79 Å². The third-order valence-electron chi connectivity index (χ3n) is 3.83. The molecule has 0 bridgehead atoms. The van der Waals surface area contributed by atoms with Gasteiger partial charge in [0.25, 0.3) is 0 Å². The Labute approximate surface area is 119 Å². The van der Waals surface area contributed by atoms with Crippen LogP contribution < -0.4 is 5.73 Å². The molecule has 0 aliphatic carbocycles. The van der Waals surface area contributed by atoms with Crippen LogP contribution in [0.25, 0.3) is 0 Å². The summed E-state index contributed by atoms with van der Waals surface area (Å²) in [5.74, 6) is -0.153. The zero-order valence-electron chi connectivity index (χ0n) is 11.9. The van der Waals surface area contributed by atoms with Crippen molar-refractivity contribution >= 4 is 5.91 Å². The van der Waals surface area contributed by atoms with Crippen molar-refractivity contribution in [3.05, 3.63) is 35.6 Å². The molecule has 1 atom stereocenters. The Morgan fingerprint density at radius 3 is 2.75 bits per heavy atom. The van der Waals surface area contributed by atoms with Crippen molar-refractivity contribution in [3.8, 4) is 0 Å². The Kier molecular flexibility index (Phi) is 5.09. The van der Waals surface area contributed by atoms with Gasteiger partial charge in [-0.3, -0.25) is 9.69 Å². The predicted molar refractivity (Wildman–Crippen MR) is 76.6 cm³/mol. The monoisotopic (exact) mass is 279 g/mol. The highest BCUT2D eigenvalue weighted by molar-refractivity contribution is 5.78. The second-order valence-corrected chi connectivity index (χ2v) is 5.31. The van der Waals surface area contributed by atoms with Crippen LogP contribution in [0.2, 0.25) is 0 Å². The molecule has 1 aromatic carbocycles. The average molecular weight is 279 g/mol. The number of carbonyl (C=O) groups is 1. The second-order valence-electron chi connectivity index (χ2n) is 5.31. The van der Waals surface area contributed by atoms with E-state index in [1.54, 1.807) is 6.07 Å². The van der Waals surface area contributed by atoms with Gasteiger partial charge in [0.05, 0.1) is 6.54 Å². The maximum atomic E-state index is 13.3. The van der Waals surface area contributed by atoms with E-state index < -0.39 is 0 Å². The van der Waals surface area contributed by atoms with E-state index in [1.165, 1.54) is 12.1 Å². The van der Waals surface area contributed by atoms with Crippen molar-refractivity contribution in [2.24, 2.45) is 5.73 Å². The van der Waals surface area contributed by atoms with Crippen molar-refractivity contribution in [3.63, 3.8) is 0 Å². The number of hydrogen-bond acceptors (Lipinski definition) is 3. The van der Waals surface area contributed by atoms with Gasteiger partial charge in [-0.05, 0) is 37.6 Å². The molecular formula is C15H22FN3O. The molecular weight excluding hydrogens is 257 g/mol. The predicted octanol–water partition coefficient (Wildman–Crippen LogP) is 1.38. The first-order valence-corrected chi connectivity index (χ1v) is 7.05. The van der Waals surface area contributed by atoms with Gasteiger partial charge in [-0.25, -0.2) is 4.39 Å². The molecule has 0 saturated carbocycles. The molecule has 1 aromatic rings. The van der Waals surface area contributed by atoms with E-state index in [1.807, 2.05) is 22.9 Å². The van der Waals surface area contributed by atoms with E-state index >= 15 is 0 Å². The van der Waals surface area contributed by atoms with Crippen LogP contribution in [-0.4, -0.2) is 48.9 Å². The van der Waals surface area contributed by atoms with Crippen LogP contribution in [0.3, 0.4) is 0 Å². The molecule has 20 heavy (non-hydrogen) atoms. The van der Waals surface area contributed by atoms with Gasteiger partial charge in [-0.1, -0.05) is 12.1 Å². The summed E-state index contributed by atoms with van der Waals surface area (Å²) >= 11 is 0. The Balaban J connectivity index is 2.01. The van der Waals surface area contributed by atoms with E-state index in [0.717, 1.165) is 31.5 Å². The lowest BCUT2D eigenvalue weighted by Crippen LogP contribution is -2.40. The number of likely N-dealkylation sites (N-methyl/N-ethyl adjacent to an activating group) is 1. The highest BCUT2D eigenvalue weighted by Crippen LogP contribution is 2.19. The molecule has 0 radical (unpaired) electrons. The number of halogens is 1. The van der Waals surface area contributed by atoms with Gasteiger partial charge in [0.2, 0.25) is 5.91 Å². The highest BCUT2D eigenvalue weighted by atomic mass is 19.1. The Morgan fingerprint density at radius 1 is 1.45 bits per heavy atom. The SMILES string of the molecule is CN(CC(=O)N1CCCC1)C(CN)c1cccc(F)c1. The van der Waals surface area contributed by atoms with Crippen molar-refractivity contribution in [2.45, 2.75) is 18.9 Å². The number of amides is 1. The molecule has 1 fully saturated rings. The van der Waals surface area contributed by atoms with Crippen molar-refractivity contribution < 1.29 is 9.18 Å². The maximum absolute atomic E-state index is 13.3. The molecule has 2 N–H and O–H groups in total. The van der Waals surface area contributed by atoms with Crippen molar-refractivity contribution in [2.75, 3.05) is 33.2 Å². The summed E-state index contributed by atoms with van der Waals surface area (Å²) in [6, 6.07) is 6.26. The van der Waals surface area contributed by atoms with Gasteiger partial charge in [-0.2, -0.15) is 0 Å². The summed E-state index contributed by atoms with van der Waals surface area (Å²) in [4.78, 5) is 15.9. The summed E-state index contributed by atoms with van der Waals surface area (Å²) in [5, 5.41) is 0. The van der Waals surface area contributed by atoms with E-state index in [2.05, 4.69) is 0 Å². The van der Waals surface area contributed by atoms with E-state index in [0.29, 0.717) is 13.1 Å². The summed E-state index contributed by atoms with van der Waals surface area (Å²) in [6.45, 7) is 2.37. The van der Waals surface area contributed by atoms with Gasteiger partial charge in [0.1, 0.15) is 5.82 Å². The minimum Gasteiger partial charge on any atom is -0.342 e. The van der Waals surface area contributed by atoms with Crippen molar-refractivity contribution in [1.82, 2.24) is 9.80 Å². The average Bonchev–Trinajstić information content (AvgIpc) is 2.93. The van der Waals surface area contributed by atoms with Crippen LogP contribution in [0.15, 0.2) is 24.3 Å². The molecule has 2 rings (SSSR count). The minimum atomic E-state index is -0.278. The molecule has 1 aliphatic rings. The number of benzene rings is 1. The lowest BCUT2D eigenvalue weighted by atomic mass is 10.1. The molecule has 0 spiro atoms. The van der Waals surface area contributed by atoms with E-state index in [-0.39, 0.29) is 17.8 Å². The fourth-order valence-corrected chi connectivity index (χ4v) is 2.67. The van der Waals surface area contributed by atoms with E-state index in [9.17, 15) is 9.18 Å². The standard InChI is InChI=1S/C15H22FN3O/c1-18(11-15(20)19-7-2-3-8-19)14(10-17)12-5-4-6-13(16)9-12/h4-6,9,14H,2-3,7-8,10-11,17H2,1H3. The molecule has 4 nitrogen and oxygen atoms in total. The van der Waals surface area contributed by atoms with Gasteiger partial charge in [-0.15, -0.1) is 0 Å². The zero-order valence-corrected chi connectivity index (χ0v) is 11.9. The first kappa shape index (κ1) is 14.9. The number of carbonyl (C=O) groups excluding carboxylic acids is 1. The Hall–Kier alpha value is -1.46. The van der Waals surface area contributed by atoms with Crippen LogP contribution in [0.5, 0.6) is 0 Å². The van der Waals surface area contributed by atoms with E-state index in [4.69, 9.17) is 5.73 Å². The van der Waals surface area contributed by atoms with Gasteiger partial charge >= 0.3 is 0 Å². The highest BCUT2D eigenvalue weighted by Gasteiger charge is 2.23. The summed E-state index contributed by atoms with van der Waals surface area (Å²) in [7, 11) is 1.86. The minimum absolute atomic E-state index is 0.125. The number of nitrogens with zero attached hydrogens (tertiary/aromatic N) is 2. The molecule has 0 aromatic heterocycles. The lowest BCUT2D eigenvalue weighted by molar-refractivity contribution is -0.131. The Morgan fingerprint density at radius 2 is 2.15 bits per heavy atom. The third-order valence-corrected chi connectivity index (χ3v) is 3.83. The number of hydrogen-bond donors (Lipinski definition) is 1. The third kappa shape index (κ3) is 3.55. The van der Waals surface area contributed by atoms with Crippen LogP contribution >= 0.6 is 0 Å². The quantitative estimate of drug-likeness (QED) is 0.886. The molecule has 1 heterocycles. The van der Waals surface area contributed by atoms with Crippen LogP contribution in [0.1, 0.15) is 24.4 Å². The summed E-state index contributed by atoms with van der Waals surface area (Å²) in [5.41, 5.74) is 6.61. The number of rotatable bonds is 5. The fourth-order valence-electron chi connectivity index (χ4n) is 2.67. The lowest BCUT2D eigenvalue weighted by Gasteiger charge is -2.28. The largest absolute Gasteiger partial charge is 0.342 e. The second kappa shape index (κ2) is 6.81. The van der Waals surface area contributed by atoms with Crippen molar-refractivity contribution in [1.29, 1.82) is 0 Å². The summed E-state index contributed by atoms with van der Waals surface area (Å²) < 4.78 is 13.3. The molecule has 5 heteroatoms.